The summed E-state index contributed by atoms with van der Waals surface area (Å²) in [5, 5.41) is 12.6. The van der Waals surface area contributed by atoms with Gasteiger partial charge < -0.3 is 10.6 Å². The third kappa shape index (κ3) is 2.23. The maximum absolute atomic E-state index is 11.1. The van der Waals surface area contributed by atoms with Gasteiger partial charge in [-0.05, 0) is 0 Å². The van der Waals surface area contributed by atoms with Crippen LogP contribution in [0.2, 0.25) is 0 Å². The number of carbonyl (C=O) groups excluding carboxylic acids is 1. The molecular weight excluding hydrogens is 224 g/mol. The Kier molecular flexibility index (Phi) is 3.01. The number of fused-ring (bicyclic) bond motifs is 1. The minimum atomic E-state index is -0.150. The first-order valence-electron chi connectivity index (χ1n) is 4.86. The van der Waals surface area contributed by atoms with E-state index in [0.717, 1.165) is 0 Å². The van der Waals surface area contributed by atoms with E-state index in [-0.39, 0.29) is 18.4 Å². The highest BCUT2D eigenvalue weighted by molar-refractivity contribution is 5.89. The Bertz CT molecular complexity index is 535. The number of nitrogens with one attached hydrogen (secondary N) is 4. The molecule has 0 aliphatic heterocycles. The number of likely N-dealkylation sites (N-methyl/N-ethyl adjacent to an activating group) is 1. The van der Waals surface area contributed by atoms with Gasteiger partial charge in [-0.25, -0.2) is 5.84 Å². The lowest BCUT2D eigenvalue weighted by molar-refractivity contribution is -0.118. The van der Waals surface area contributed by atoms with Crippen molar-refractivity contribution in [2.24, 2.45) is 5.84 Å². The summed E-state index contributed by atoms with van der Waals surface area (Å²) >= 11 is 0. The average Bonchev–Trinajstić information content (AvgIpc) is 2.83. The van der Waals surface area contributed by atoms with Gasteiger partial charge in [0.05, 0.1) is 18.1 Å². The zero-order valence-corrected chi connectivity index (χ0v) is 9.11. The summed E-state index contributed by atoms with van der Waals surface area (Å²) in [4.78, 5) is 19.3. The second-order valence-electron chi connectivity index (χ2n) is 3.20. The third-order valence-corrected chi connectivity index (χ3v) is 2.13. The number of carbonyl (C=O) groups is 1. The van der Waals surface area contributed by atoms with Crippen molar-refractivity contribution >= 4 is 28.7 Å². The molecular formula is C8H12N8O. The summed E-state index contributed by atoms with van der Waals surface area (Å²) in [6.45, 7) is 0.109. The molecule has 0 aliphatic carbocycles. The molecule has 0 aromatic carbocycles. The van der Waals surface area contributed by atoms with Crippen molar-refractivity contribution in [2.45, 2.75) is 0 Å². The summed E-state index contributed by atoms with van der Waals surface area (Å²) in [6.07, 6.45) is 1.57. The number of aromatic amines is 1. The van der Waals surface area contributed by atoms with Gasteiger partial charge in [-0.15, -0.1) is 0 Å². The Balaban J connectivity index is 2.30. The van der Waals surface area contributed by atoms with Crippen LogP contribution in [0.3, 0.4) is 0 Å². The number of hydrogen-bond donors (Lipinski definition) is 5. The van der Waals surface area contributed by atoms with Gasteiger partial charge in [0.1, 0.15) is 5.82 Å². The molecule has 9 heteroatoms. The lowest BCUT2D eigenvalue weighted by Gasteiger charge is -2.07. The number of anilines is 2. The van der Waals surface area contributed by atoms with E-state index >= 15 is 0 Å². The predicted octanol–water partition coefficient (Wildman–Crippen LogP) is -1.20. The second-order valence-corrected chi connectivity index (χ2v) is 3.20. The molecule has 0 atom stereocenters. The largest absolute Gasteiger partial charge is 0.360 e. The van der Waals surface area contributed by atoms with Crippen molar-refractivity contribution in [3.05, 3.63) is 6.20 Å². The van der Waals surface area contributed by atoms with E-state index in [1.807, 2.05) is 0 Å². The van der Waals surface area contributed by atoms with Crippen molar-refractivity contribution in [1.82, 2.24) is 25.5 Å². The molecule has 0 spiro atoms. The summed E-state index contributed by atoms with van der Waals surface area (Å²) in [6, 6.07) is 0. The van der Waals surface area contributed by atoms with Gasteiger partial charge in [-0.1, -0.05) is 0 Å². The van der Waals surface area contributed by atoms with Crippen LogP contribution in [-0.4, -0.2) is 39.7 Å². The fraction of sp³-hybridized carbons (Fsp3) is 0.250. The SMILES string of the molecule is CNC(=O)CNc1nc(NN)nc2[nH]ncc12. The summed E-state index contributed by atoms with van der Waals surface area (Å²) < 4.78 is 0. The Hall–Kier alpha value is -2.42. The Morgan fingerprint density at radius 1 is 1.53 bits per heavy atom. The maximum atomic E-state index is 11.1. The molecule has 2 aromatic heterocycles. The Morgan fingerprint density at radius 2 is 2.35 bits per heavy atom. The number of hydrazine groups is 1. The van der Waals surface area contributed by atoms with Gasteiger partial charge >= 0.3 is 0 Å². The maximum Gasteiger partial charge on any atom is 0.241 e. The lowest BCUT2D eigenvalue weighted by Crippen LogP contribution is -2.26. The van der Waals surface area contributed by atoms with E-state index < -0.39 is 0 Å². The summed E-state index contributed by atoms with van der Waals surface area (Å²) in [5.74, 6) is 5.82. The molecule has 90 valence electrons. The van der Waals surface area contributed by atoms with Crippen LogP contribution in [0.1, 0.15) is 0 Å². The molecule has 2 rings (SSSR count). The number of hydrogen-bond acceptors (Lipinski definition) is 7. The van der Waals surface area contributed by atoms with Gasteiger partial charge in [0.25, 0.3) is 0 Å². The van der Waals surface area contributed by atoms with Crippen LogP contribution in [-0.2, 0) is 4.79 Å². The van der Waals surface area contributed by atoms with E-state index in [4.69, 9.17) is 5.84 Å². The topological polar surface area (TPSA) is 134 Å². The van der Waals surface area contributed by atoms with Crippen molar-refractivity contribution in [2.75, 3.05) is 24.3 Å². The lowest BCUT2D eigenvalue weighted by atomic mass is 10.4. The number of amides is 1. The minimum absolute atomic E-state index is 0.109. The predicted molar refractivity (Wildman–Crippen MR) is 62.1 cm³/mol. The van der Waals surface area contributed by atoms with Crippen LogP contribution in [0, 0.1) is 0 Å². The highest BCUT2D eigenvalue weighted by atomic mass is 16.1. The van der Waals surface area contributed by atoms with Crippen molar-refractivity contribution in [1.29, 1.82) is 0 Å². The van der Waals surface area contributed by atoms with E-state index in [0.29, 0.717) is 16.9 Å². The van der Waals surface area contributed by atoms with Gasteiger partial charge in [0.2, 0.25) is 11.9 Å². The molecule has 0 radical (unpaired) electrons. The molecule has 2 aromatic rings. The molecule has 0 fully saturated rings. The minimum Gasteiger partial charge on any atom is -0.360 e. The average molecular weight is 236 g/mol. The number of nitrogens with zero attached hydrogens (tertiary/aromatic N) is 3. The number of nitrogens with two attached hydrogens (primary N) is 1. The molecule has 2 heterocycles. The first-order valence-corrected chi connectivity index (χ1v) is 4.86. The zero-order chi connectivity index (χ0) is 12.3. The van der Waals surface area contributed by atoms with Gasteiger partial charge in [-0.2, -0.15) is 15.1 Å². The van der Waals surface area contributed by atoms with Gasteiger partial charge in [-0.3, -0.25) is 15.3 Å². The highest BCUT2D eigenvalue weighted by Crippen LogP contribution is 2.18. The zero-order valence-electron chi connectivity index (χ0n) is 9.11. The Morgan fingerprint density at radius 3 is 3.06 bits per heavy atom. The Labute approximate surface area is 96.2 Å². The number of nitrogen functional groups attached to an aromatic ring is 1. The first-order chi connectivity index (χ1) is 8.24. The van der Waals surface area contributed by atoms with E-state index in [1.54, 1.807) is 13.2 Å². The highest BCUT2D eigenvalue weighted by Gasteiger charge is 2.09. The van der Waals surface area contributed by atoms with Gasteiger partial charge in [0, 0.05) is 7.05 Å². The van der Waals surface area contributed by atoms with E-state index in [9.17, 15) is 4.79 Å². The smallest absolute Gasteiger partial charge is 0.241 e. The standard InChI is InChI=1S/C8H12N8O/c1-10-5(17)3-11-6-4-2-12-16-7(4)14-8(13-6)15-9/h2H,3,9H2,1H3,(H,10,17)(H3,11,12,13,14,15,16). The monoisotopic (exact) mass is 236 g/mol. The number of rotatable bonds is 4. The van der Waals surface area contributed by atoms with Crippen LogP contribution in [0.4, 0.5) is 11.8 Å². The van der Waals surface area contributed by atoms with Crippen molar-refractivity contribution < 1.29 is 4.79 Å². The normalized spacial score (nSPS) is 10.2. The molecule has 0 bridgehead atoms. The third-order valence-electron chi connectivity index (χ3n) is 2.13. The van der Waals surface area contributed by atoms with Crippen LogP contribution in [0.15, 0.2) is 6.20 Å². The molecule has 1 amide bonds. The van der Waals surface area contributed by atoms with Crippen LogP contribution in [0.5, 0.6) is 0 Å². The first kappa shape index (κ1) is 11.1. The van der Waals surface area contributed by atoms with Crippen LogP contribution < -0.4 is 21.9 Å². The molecule has 17 heavy (non-hydrogen) atoms. The fourth-order valence-electron chi connectivity index (χ4n) is 1.29. The summed E-state index contributed by atoms with van der Waals surface area (Å²) in [7, 11) is 1.56. The quantitative estimate of drug-likeness (QED) is 0.332. The number of aromatic nitrogens is 4. The van der Waals surface area contributed by atoms with Crippen molar-refractivity contribution in [3.8, 4) is 0 Å². The number of H-pyrrole nitrogens is 1. The van der Waals surface area contributed by atoms with Crippen molar-refractivity contribution in [3.63, 3.8) is 0 Å². The van der Waals surface area contributed by atoms with Crippen LogP contribution in [0.25, 0.3) is 11.0 Å². The molecule has 0 unspecified atom stereocenters. The molecule has 0 aliphatic rings. The molecule has 0 saturated carbocycles. The molecule has 0 saturated heterocycles. The van der Waals surface area contributed by atoms with E-state index in [1.165, 1.54) is 0 Å². The van der Waals surface area contributed by atoms with Gasteiger partial charge in [0.15, 0.2) is 5.65 Å². The second kappa shape index (κ2) is 4.61. The summed E-state index contributed by atoms with van der Waals surface area (Å²) in [5.41, 5.74) is 2.87. The fourth-order valence-corrected chi connectivity index (χ4v) is 1.29. The van der Waals surface area contributed by atoms with Crippen LogP contribution >= 0.6 is 0 Å². The molecule has 9 nitrogen and oxygen atoms in total. The van der Waals surface area contributed by atoms with E-state index in [2.05, 4.69) is 36.2 Å². The molecule has 6 N–H and O–H groups in total.